The molecule has 100 valence electrons. The van der Waals surface area contributed by atoms with E-state index >= 15 is 0 Å². The van der Waals surface area contributed by atoms with Crippen LogP contribution in [0.1, 0.15) is 38.4 Å². The lowest BCUT2D eigenvalue weighted by molar-refractivity contribution is -0.127. The lowest BCUT2D eigenvalue weighted by Crippen LogP contribution is -2.53. The fourth-order valence-corrected chi connectivity index (χ4v) is 2.51. The van der Waals surface area contributed by atoms with Crippen molar-refractivity contribution in [2.24, 2.45) is 0 Å². The van der Waals surface area contributed by atoms with Crippen LogP contribution in [0.15, 0.2) is 10.9 Å². The van der Waals surface area contributed by atoms with Crippen LogP contribution in [-0.2, 0) is 11.2 Å². The van der Waals surface area contributed by atoms with Gasteiger partial charge in [0.2, 0.25) is 12.3 Å². The fourth-order valence-electron chi connectivity index (χ4n) is 2.51. The zero-order valence-electron chi connectivity index (χ0n) is 10.7. The molecule has 1 unspecified atom stereocenters. The maximum Gasteiger partial charge on any atom is 0.240 e. The van der Waals surface area contributed by atoms with E-state index in [-0.39, 0.29) is 11.4 Å². The van der Waals surface area contributed by atoms with Crippen LogP contribution in [0, 0.1) is 0 Å². The smallest absolute Gasteiger partial charge is 0.240 e. The highest BCUT2D eigenvalue weighted by molar-refractivity contribution is 5.86. The van der Waals surface area contributed by atoms with Gasteiger partial charge in [0.15, 0.2) is 5.82 Å². The van der Waals surface area contributed by atoms with Crippen molar-refractivity contribution in [1.82, 2.24) is 20.8 Å². The van der Waals surface area contributed by atoms with Crippen LogP contribution in [0.25, 0.3) is 0 Å². The summed E-state index contributed by atoms with van der Waals surface area (Å²) in [6, 6.07) is 0. The molecule has 1 aliphatic heterocycles. The Balaban J connectivity index is 1.82. The lowest BCUT2D eigenvalue weighted by Gasteiger charge is -2.27. The molecule has 1 aromatic rings. The molecule has 1 fully saturated rings. The van der Waals surface area contributed by atoms with Gasteiger partial charge in [-0.3, -0.25) is 4.79 Å². The van der Waals surface area contributed by atoms with Crippen LogP contribution < -0.4 is 10.6 Å². The van der Waals surface area contributed by atoms with Crippen molar-refractivity contribution in [1.29, 1.82) is 0 Å². The van der Waals surface area contributed by atoms with Gasteiger partial charge in [-0.15, -0.1) is 0 Å². The molecule has 2 N–H and O–H groups in total. The lowest BCUT2D eigenvalue weighted by atomic mass is 9.91. The van der Waals surface area contributed by atoms with Crippen LogP contribution in [0.2, 0.25) is 0 Å². The molecule has 1 atom stereocenters. The highest BCUT2D eigenvalue weighted by Crippen LogP contribution is 2.24. The second-order valence-electron chi connectivity index (χ2n) is 4.72. The number of carbonyl (C=O) groups is 1. The summed E-state index contributed by atoms with van der Waals surface area (Å²) < 4.78 is 4.64. The molecule has 0 aliphatic carbocycles. The molecule has 2 heterocycles. The molecule has 0 radical (unpaired) electrons. The predicted molar refractivity (Wildman–Crippen MR) is 65.9 cm³/mol. The van der Waals surface area contributed by atoms with Crippen LogP contribution in [0.4, 0.5) is 0 Å². The predicted octanol–water partition coefficient (Wildman–Crippen LogP) is 0.651. The summed E-state index contributed by atoms with van der Waals surface area (Å²) in [5.41, 5.74) is -0.355. The SMILES string of the molecule is CCCC1(C(=O)NCCc2ncon2)CCCN1. The van der Waals surface area contributed by atoms with E-state index in [0.29, 0.717) is 18.8 Å². The molecule has 1 saturated heterocycles. The minimum absolute atomic E-state index is 0.102. The fraction of sp³-hybridized carbons (Fsp3) is 0.750. The summed E-state index contributed by atoms with van der Waals surface area (Å²) in [5.74, 6) is 0.726. The number of aromatic nitrogens is 2. The van der Waals surface area contributed by atoms with E-state index in [1.807, 2.05) is 0 Å². The quantitative estimate of drug-likeness (QED) is 0.777. The van der Waals surface area contributed by atoms with Gasteiger partial charge in [0, 0.05) is 13.0 Å². The average Bonchev–Trinajstić information content (AvgIpc) is 3.01. The standard InChI is InChI=1S/C12H20N4O2/c1-2-5-12(6-3-7-15-12)11(17)13-8-4-10-14-9-18-16-10/h9,15H,2-8H2,1H3,(H,13,17). The molecule has 18 heavy (non-hydrogen) atoms. The van der Waals surface area contributed by atoms with Gasteiger partial charge < -0.3 is 15.2 Å². The van der Waals surface area contributed by atoms with E-state index in [0.717, 1.165) is 32.2 Å². The van der Waals surface area contributed by atoms with E-state index in [9.17, 15) is 4.79 Å². The number of amides is 1. The molecule has 6 nitrogen and oxygen atoms in total. The second kappa shape index (κ2) is 5.95. The van der Waals surface area contributed by atoms with Gasteiger partial charge in [-0.2, -0.15) is 4.98 Å². The van der Waals surface area contributed by atoms with Gasteiger partial charge in [-0.1, -0.05) is 18.5 Å². The Morgan fingerprint density at radius 3 is 3.17 bits per heavy atom. The zero-order valence-corrected chi connectivity index (χ0v) is 10.7. The summed E-state index contributed by atoms with van der Waals surface area (Å²) in [7, 11) is 0. The molecular formula is C12H20N4O2. The molecular weight excluding hydrogens is 232 g/mol. The summed E-state index contributed by atoms with van der Waals surface area (Å²) in [4.78, 5) is 16.2. The number of hydrogen-bond donors (Lipinski definition) is 2. The van der Waals surface area contributed by atoms with Gasteiger partial charge in [-0.25, -0.2) is 0 Å². The van der Waals surface area contributed by atoms with Gasteiger partial charge in [0.1, 0.15) is 0 Å². The van der Waals surface area contributed by atoms with Gasteiger partial charge >= 0.3 is 0 Å². The Kier molecular flexibility index (Phi) is 4.30. The minimum Gasteiger partial charge on any atom is -0.354 e. The maximum absolute atomic E-state index is 12.2. The topological polar surface area (TPSA) is 80.1 Å². The van der Waals surface area contributed by atoms with Crippen molar-refractivity contribution in [3.63, 3.8) is 0 Å². The Morgan fingerprint density at radius 1 is 1.67 bits per heavy atom. The monoisotopic (exact) mass is 252 g/mol. The van der Waals surface area contributed by atoms with Crippen LogP contribution in [0.3, 0.4) is 0 Å². The molecule has 0 spiro atoms. The Bertz CT molecular complexity index is 371. The highest BCUT2D eigenvalue weighted by Gasteiger charge is 2.39. The molecule has 0 aromatic carbocycles. The van der Waals surface area contributed by atoms with Crippen molar-refractivity contribution in [3.8, 4) is 0 Å². The van der Waals surface area contributed by atoms with E-state index in [1.165, 1.54) is 6.39 Å². The summed E-state index contributed by atoms with van der Waals surface area (Å²) >= 11 is 0. The van der Waals surface area contributed by atoms with Crippen LogP contribution >= 0.6 is 0 Å². The molecule has 6 heteroatoms. The second-order valence-corrected chi connectivity index (χ2v) is 4.72. The Labute approximate surface area is 107 Å². The number of nitrogens with one attached hydrogen (secondary N) is 2. The first-order valence-electron chi connectivity index (χ1n) is 6.55. The van der Waals surface area contributed by atoms with Crippen LogP contribution in [0.5, 0.6) is 0 Å². The highest BCUT2D eigenvalue weighted by atomic mass is 16.5. The largest absolute Gasteiger partial charge is 0.354 e. The maximum atomic E-state index is 12.2. The molecule has 0 bridgehead atoms. The molecule has 1 amide bonds. The first-order valence-corrected chi connectivity index (χ1v) is 6.55. The van der Waals surface area contributed by atoms with E-state index in [4.69, 9.17) is 0 Å². The number of nitrogens with zero attached hydrogens (tertiary/aromatic N) is 2. The van der Waals surface area contributed by atoms with Crippen LogP contribution in [-0.4, -0.2) is 34.7 Å². The third-order valence-corrected chi connectivity index (χ3v) is 3.40. The average molecular weight is 252 g/mol. The molecule has 0 saturated carbocycles. The van der Waals surface area contributed by atoms with Crippen molar-refractivity contribution in [3.05, 3.63) is 12.2 Å². The number of rotatable bonds is 6. The molecule has 2 rings (SSSR count). The van der Waals surface area contributed by atoms with E-state index in [2.05, 4.69) is 32.2 Å². The number of carbonyl (C=O) groups excluding carboxylic acids is 1. The Hall–Kier alpha value is -1.43. The van der Waals surface area contributed by atoms with Gasteiger partial charge in [0.25, 0.3) is 0 Å². The van der Waals surface area contributed by atoms with Crippen molar-refractivity contribution < 1.29 is 9.32 Å². The third-order valence-electron chi connectivity index (χ3n) is 3.40. The summed E-state index contributed by atoms with van der Waals surface area (Å²) in [5, 5.41) is 10.0. The normalized spacial score (nSPS) is 23.2. The van der Waals surface area contributed by atoms with Gasteiger partial charge in [-0.05, 0) is 25.8 Å². The molecule has 1 aliphatic rings. The first kappa shape index (κ1) is 13.0. The zero-order chi connectivity index (χ0) is 12.8. The Morgan fingerprint density at radius 2 is 2.56 bits per heavy atom. The number of hydrogen-bond acceptors (Lipinski definition) is 5. The van der Waals surface area contributed by atoms with Crippen molar-refractivity contribution in [2.75, 3.05) is 13.1 Å². The first-order chi connectivity index (χ1) is 8.77. The van der Waals surface area contributed by atoms with E-state index < -0.39 is 0 Å². The summed E-state index contributed by atoms with van der Waals surface area (Å²) in [6.07, 6.45) is 5.79. The van der Waals surface area contributed by atoms with Crippen molar-refractivity contribution >= 4 is 5.91 Å². The summed E-state index contributed by atoms with van der Waals surface area (Å²) in [6.45, 7) is 3.58. The van der Waals surface area contributed by atoms with Gasteiger partial charge in [0.05, 0.1) is 5.54 Å². The van der Waals surface area contributed by atoms with E-state index in [1.54, 1.807) is 0 Å². The minimum atomic E-state index is -0.355. The third kappa shape index (κ3) is 2.87. The van der Waals surface area contributed by atoms with Crippen molar-refractivity contribution in [2.45, 2.75) is 44.6 Å². The molecule has 1 aromatic heterocycles.